The predicted octanol–water partition coefficient (Wildman–Crippen LogP) is 1.94. The molecular formula is C12H15BrN4O2. The molecule has 0 spiro atoms. The number of rotatable bonds is 1. The van der Waals surface area contributed by atoms with Gasteiger partial charge in [0.15, 0.2) is 0 Å². The van der Waals surface area contributed by atoms with Gasteiger partial charge in [0.2, 0.25) is 5.88 Å². The molecule has 6 nitrogen and oxygen atoms in total. The molecule has 0 aliphatic rings. The maximum atomic E-state index is 11.7. The van der Waals surface area contributed by atoms with Gasteiger partial charge in [0.25, 0.3) is 5.56 Å². The summed E-state index contributed by atoms with van der Waals surface area (Å²) in [6, 6.07) is 0. The summed E-state index contributed by atoms with van der Waals surface area (Å²) in [4.78, 5) is 18.3. The van der Waals surface area contributed by atoms with Crippen LogP contribution in [0.1, 0.15) is 26.5 Å². The first-order chi connectivity index (χ1) is 8.70. The molecule has 102 valence electrons. The van der Waals surface area contributed by atoms with Crippen molar-refractivity contribution in [2.24, 2.45) is 7.05 Å². The summed E-state index contributed by atoms with van der Waals surface area (Å²) >= 11 is 2.97. The fraction of sp³-hybridized carbons (Fsp3) is 0.417. The summed E-state index contributed by atoms with van der Waals surface area (Å²) in [5.41, 5.74) is 0.888. The van der Waals surface area contributed by atoms with E-state index in [-0.39, 0.29) is 15.8 Å². The van der Waals surface area contributed by atoms with E-state index in [1.54, 1.807) is 17.9 Å². The zero-order valence-corrected chi connectivity index (χ0v) is 12.7. The number of aromatic hydroxyl groups is 1. The molecule has 19 heavy (non-hydrogen) atoms. The molecule has 0 unspecified atom stereocenters. The van der Waals surface area contributed by atoms with Crippen LogP contribution in [0.5, 0.6) is 5.88 Å². The normalized spacial score (nSPS) is 11.8. The maximum Gasteiger partial charge on any atom is 0.269 e. The van der Waals surface area contributed by atoms with Gasteiger partial charge in [0.1, 0.15) is 10.3 Å². The first kappa shape index (κ1) is 13.8. The molecule has 0 saturated carbocycles. The molecule has 0 radical (unpaired) electrons. The average molecular weight is 327 g/mol. The van der Waals surface area contributed by atoms with Crippen molar-refractivity contribution in [2.75, 3.05) is 0 Å². The quantitative estimate of drug-likeness (QED) is 0.838. The van der Waals surface area contributed by atoms with Crippen molar-refractivity contribution >= 4 is 15.9 Å². The third kappa shape index (κ3) is 2.56. The van der Waals surface area contributed by atoms with Gasteiger partial charge in [-0.3, -0.25) is 9.48 Å². The molecule has 2 N–H and O–H groups in total. The van der Waals surface area contributed by atoms with Gasteiger partial charge in [-0.05, 0) is 15.9 Å². The zero-order chi connectivity index (χ0) is 14.4. The second-order valence-electron chi connectivity index (χ2n) is 5.37. The Morgan fingerprint density at radius 1 is 1.42 bits per heavy atom. The van der Waals surface area contributed by atoms with Gasteiger partial charge >= 0.3 is 0 Å². The molecule has 0 atom stereocenters. The number of aromatic nitrogens is 4. The van der Waals surface area contributed by atoms with Crippen molar-refractivity contribution in [3.8, 4) is 17.3 Å². The largest absolute Gasteiger partial charge is 0.492 e. The Hall–Kier alpha value is -1.63. The van der Waals surface area contributed by atoms with Gasteiger partial charge in [0.05, 0.1) is 11.3 Å². The minimum Gasteiger partial charge on any atom is -0.492 e. The summed E-state index contributed by atoms with van der Waals surface area (Å²) in [6.07, 6.45) is 1.77. The summed E-state index contributed by atoms with van der Waals surface area (Å²) < 4.78 is 1.69. The summed E-state index contributed by atoms with van der Waals surface area (Å²) in [5.74, 6) is -0.0220. The van der Waals surface area contributed by atoms with Gasteiger partial charge in [-0.25, -0.2) is 0 Å². The SMILES string of the molecule is Cn1cc(-c2nc(O)c(Br)c(=O)[nH]2)c(C(C)(C)C)n1. The number of hydrogen-bond donors (Lipinski definition) is 2. The van der Waals surface area contributed by atoms with Crippen LogP contribution in [0, 0.1) is 0 Å². The highest BCUT2D eigenvalue weighted by Gasteiger charge is 2.24. The Balaban J connectivity index is 2.70. The Bertz CT molecular complexity index is 682. The van der Waals surface area contributed by atoms with Crippen molar-refractivity contribution in [1.82, 2.24) is 19.7 Å². The molecule has 0 saturated heterocycles. The van der Waals surface area contributed by atoms with Crippen LogP contribution in [-0.2, 0) is 12.5 Å². The predicted molar refractivity (Wildman–Crippen MR) is 75.1 cm³/mol. The van der Waals surface area contributed by atoms with Crippen LogP contribution in [0.4, 0.5) is 0 Å². The van der Waals surface area contributed by atoms with E-state index in [0.29, 0.717) is 11.4 Å². The standard InChI is InChI=1S/C12H15BrN4O2/c1-12(2,3)8-6(5-17(4)16-8)9-14-10(18)7(13)11(19)15-9/h5H,1-4H3,(H2,14,15,18,19). The summed E-state index contributed by atoms with van der Waals surface area (Å²) in [7, 11) is 1.80. The van der Waals surface area contributed by atoms with Crippen molar-refractivity contribution in [1.29, 1.82) is 0 Å². The molecule has 0 aliphatic carbocycles. The topological polar surface area (TPSA) is 83.8 Å². The number of H-pyrrole nitrogens is 1. The van der Waals surface area contributed by atoms with Crippen LogP contribution in [0.3, 0.4) is 0 Å². The molecule has 2 heterocycles. The van der Waals surface area contributed by atoms with Crippen molar-refractivity contribution in [3.63, 3.8) is 0 Å². The van der Waals surface area contributed by atoms with Gasteiger partial charge < -0.3 is 10.1 Å². The highest BCUT2D eigenvalue weighted by Crippen LogP contribution is 2.30. The number of nitrogens with one attached hydrogen (secondary N) is 1. The van der Waals surface area contributed by atoms with Crippen LogP contribution in [0.15, 0.2) is 15.5 Å². The van der Waals surface area contributed by atoms with Gasteiger partial charge in [-0.15, -0.1) is 0 Å². The number of halogens is 1. The van der Waals surface area contributed by atoms with E-state index in [0.717, 1.165) is 5.69 Å². The number of hydrogen-bond acceptors (Lipinski definition) is 4. The Kier molecular flexibility index (Phi) is 3.25. The molecule has 0 fully saturated rings. The van der Waals surface area contributed by atoms with Gasteiger partial charge in [-0.1, -0.05) is 20.8 Å². The fourth-order valence-corrected chi connectivity index (χ4v) is 1.98. The third-order valence-electron chi connectivity index (χ3n) is 2.64. The number of nitrogens with zero attached hydrogens (tertiary/aromatic N) is 3. The van der Waals surface area contributed by atoms with E-state index in [1.807, 2.05) is 20.8 Å². The molecule has 7 heteroatoms. The molecule has 0 aromatic carbocycles. The lowest BCUT2D eigenvalue weighted by Gasteiger charge is -2.17. The van der Waals surface area contributed by atoms with Crippen molar-refractivity contribution in [2.45, 2.75) is 26.2 Å². The number of aromatic amines is 1. The van der Waals surface area contributed by atoms with Crippen LogP contribution >= 0.6 is 15.9 Å². The monoisotopic (exact) mass is 326 g/mol. The molecule has 0 bridgehead atoms. The van der Waals surface area contributed by atoms with E-state index < -0.39 is 5.56 Å². The molecule has 0 aliphatic heterocycles. The van der Waals surface area contributed by atoms with E-state index in [9.17, 15) is 9.90 Å². The number of aryl methyl sites for hydroxylation is 1. The summed E-state index contributed by atoms with van der Waals surface area (Å²) in [6.45, 7) is 6.07. The van der Waals surface area contributed by atoms with Crippen LogP contribution in [0.2, 0.25) is 0 Å². The Labute approximate surface area is 118 Å². The molecule has 2 aromatic rings. The van der Waals surface area contributed by atoms with Crippen molar-refractivity contribution in [3.05, 3.63) is 26.7 Å². The fourth-order valence-electron chi connectivity index (χ4n) is 1.79. The highest BCUT2D eigenvalue weighted by molar-refractivity contribution is 9.10. The van der Waals surface area contributed by atoms with E-state index >= 15 is 0 Å². The van der Waals surface area contributed by atoms with Gasteiger partial charge in [-0.2, -0.15) is 10.1 Å². The zero-order valence-electron chi connectivity index (χ0n) is 11.2. The summed E-state index contributed by atoms with van der Waals surface area (Å²) in [5, 5.41) is 14.0. The maximum absolute atomic E-state index is 11.7. The lowest BCUT2D eigenvalue weighted by atomic mass is 9.89. The minimum absolute atomic E-state index is 0.0254. The average Bonchev–Trinajstić information content (AvgIpc) is 2.67. The minimum atomic E-state index is -0.425. The van der Waals surface area contributed by atoms with E-state index in [1.165, 1.54) is 0 Å². The second kappa shape index (κ2) is 4.48. The van der Waals surface area contributed by atoms with Crippen molar-refractivity contribution < 1.29 is 5.11 Å². The third-order valence-corrected chi connectivity index (χ3v) is 3.35. The first-order valence-electron chi connectivity index (χ1n) is 5.73. The lowest BCUT2D eigenvalue weighted by molar-refractivity contribution is 0.447. The molecule has 0 amide bonds. The highest BCUT2D eigenvalue weighted by atomic mass is 79.9. The Morgan fingerprint density at radius 2 is 2.05 bits per heavy atom. The molecule has 2 aromatic heterocycles. The van der Waals surface area contributed by atoms with Gasteiger partial charge in [0, 0.05) is 18.7 Å². The van der Waals surface area contributed by atoms with Crippen LogP contribution < -0.4 is 5.56 Å². The first-order valence-corrected chi connectivity index (χ1v) is 6.52. The van der Waals surface area contributed by atoms with Crippen LogP contribution in [-0.4, -0.2) is 24.9 Å². The smallest absolute Gasteiger partial charge is 0.269 e. The Morgan fingerprint density at radius 3 is 2.58 bits per heavy atom. The second-order valence-corrected chi connectivity index (χ2v) is 6.16. The van der Waals surface area contributed by atoms with E-state index in [2.05, 4.69) is 31.0 Å². The van der Waals surface area contributed by atoms with E-state index in [4.69, 9.17) is 0 Å². The van der Waals surface area contributed by atoms with Crippen LogP contribution in [0.25, 0.3) is 11.4 Å². The molecule has 2 rings (SSSR count). The lowest BCUT2D eigenvalue weighted by Crippen LogP contribution is -2.16. The molecular weight excluding hydrogens is 312 g/mol.